The van der Waals surface area contributed by atoms with E-state index in [1.54, 1.807) is 43.5 Å². The van der Waals surface area contributed by atoms with Gasteiger partial charge in [0.05, 0.1) is 0 Å². The fraction of sp³-hybridized carbons (Fsp3) is 0.143. The molecule has 0 amide bonds. The smallest absolute Gasteiger partial charge is 0.167 e. The lowest BCUT2D eigenvalue weighted by atomic mass is 10.2. The van der Waals surface area contributed by atoms with E-state index in [-0.39, 0.29) is 23.2 Å². The molecule has 1 heterocycles. The van der Waals surface area contributed by atoms with E-state index in [0.717, 1.165) is 5.56 Å². The zero-order chi connectivity index (χ0) is 13.8. The summed E-state index contributed by atoms with van der Waals surface area (Å²) >= 11 is 4.91. The maximum absolute atomic E-state index is 13.8. The quantitative estimate of drug-likeness (QED) is 0.872. The number of nitrogens with zero attached hydrogens (tertiary/aromatic N) is 1. The number of pyridine rings is 1. The van der Waals surface area contributed by atoms with Gasteiger partial charge >= 0.3 is 0 Å². The summed E-state index contributed by atoms with van der Waals surface area (Å²) in [5.74, 6) is -0.152. The monoisotopic (exact) mass is 276 g/mol. The first-order chi connectivity index (χ1) is 9.09. The molecule has 0 saturated carbocycles. The Morgan fingerprint density at radius 3 is 2.89 bits per heavy atom. The van der Waals surface area contributed by atoms with Crippen LogP contribution < -0.4 is 10.5 Å². The third-order valence-electron chi connectivity index (χ3n) is 2.66. The summed E-state index contributed by atoms with van der Waals surface area (Å²) in [4.78, 5) is 4.29. The van der Waals surface area contributed by atoms with Crippen LogP contribution in [0.5, 0.6) is 5.75 Å². The van der Waals surface area contributed by atoms with Crippen LogP contribution in [0, 0.1) is 12.7 Å². The Balaban J connectivity index is 2.19. The van der Waals surface area contributed by atoms with Gasteiger partial charge in [0.15, 0.2) is 11.6 Å². The van der Waals surface area contributed by atoms with Crippen LogP contribution >= 0.6 is 12.2 Å². The van der Waals surface area contributed by atoms with Crippen molar-refractivity contribution >= 4 is 17.2 Å². The van der Waals surface area contributed by atoms with Crippen LogP contribution in [0.1, 0.15) is 16.8 Å². The summed E-state index contributed by atoms with van der Waals surface area (Å²) in [7, 11) is 0. The van der Waals surface area contributed by atoms with Gasteiger partial charge in [-0.1, -0.05) is 30.4 Å². The number of thiocarbonyl (C=S) groups is 1. The van der Waals surface area contributed by atoms with Crippen LogP contribution in [0.3, 0.4) is 0 Å². The van der Waals surface area contributed by atoms with Gasteiger partial charge in [0, 0.05) is 11.8 Å². The lowest BCUT2D eigenvalue weighted by Crippen LogP contribution is -2.15. The molecule has 19 heavy (non-hydrogen) atoms. The van der Waals surface area contributed by atoms with E-state index in [4.69, 9.17) is 22.7 Å². The summed E-state index contributed by atoms with van der Waals surface area (Å²) in [5.41, 5.74) is 7.35. The molecule has 5 heteroatoms. The van der Waals surface area contributed by atoms with Crippen LogP contribution in [-0.4, -0.2) is 9.97 Å². The molecular formula is C14H13FN2OS. The molecule has 0 radical (unpaired) electrons. The molecule has 0 spiro atoms. The standard InChI is InChI=1S/C14H13FN2OS/c1-9-4-2-6-11(12(9)15)18-8-10-5-3-7-17-13(10)14(16)19/h2-7H,8H2,1H3,(H2,16,19). The fourth-order valence-electron chi connectivity index (χ4n) is 1.66. The van der Waals surface area contributed by atoms with Crippen molar-refractivity contribution in [2.75, 3.05) is 0 Å². The molecule has 98 valence electrons. The van der Waals surface area contributed by atoms with E-state index in [9.17, 15) is 4.39 Å². The predicted molar refractivity (Wildman–Crippen MR) is 75.6 cm³/mol. The van der Waals surface area contributed by atoms with E-state index in [0.29, 0.717) is 11.3 Å². The van der Waals surface area contributed by atoms with Gasteiger partial charge in [-0.05, 0) is 24.6 Å². The van der Waals surface area contributed by atoms with Crippen molar-refractivity contribution < 1.29 is 9.13 Å². The average molecular weight is 276 g/mol. The van der Waals surface area contributed by atoms with E-state index in [1.807, 2.05) is 0 Å². The van der Waals surface area contributed by atoms with Crippen molar-refractivity contribution in [2.24, 2.45) is 5.73 Å². The molecule has 1 aromatic heterocycles. The molecule has 0 saturated heterocycles. The second-order valence-corrected chi connectivity index (χ2v) is 4.49. The van der Waals surface area contributed by atoms with Crippen LogP contribution in [0.2, 0.25) is 0 Å². The first-order valence-corrected chi connectivity index (χ1v) is 6.12. The highest BCUT2D eigenvalue weighted by Gasteiger charge is 2.09. The van der Waals surface area contributed by atoms with Crippen molar-refractivity contribution in [2.45, 2.75) is 13.5 Å². The maximum atomic E-state index is 13.8. The van der Waals surface area contributed by atoms with Crippen molar-refractivity contribution in [1.82, 2.24) is 4.98 Å². The highest BCUT2D eigenvalue weighted by Crippen LogP contribution is 2.21. The lowest BCUT2D eigenvalue weighted by molar-refractivity contribution is 0.289. The Morgan fingerprint density at radius 1 is 1.37 bits per heavy atom. The minimum absolute atomic E-state index is 0.168. The predicted octanol–water partition coefficient (Wildman–Crippen LogP) is 2.74. The molecule has 3 nitrogen and oxygen atoms in total. The topological polar surface area (TPSA) is 48.1 Å². The number of hydrogen-bond donors (Lipinski definition) is 1. The fourth-order valence-corrected chi connectivity index (χ4v) is 1.85. The largest absolute Gasteiger partial charge is 0.486 e. The molecule has 2 aromatic rings. The average Bonchev–Trinajstić information content (AvgIpc) is 2.40. The first kappa shape index (κ1) is 13.4. The zero-order valence-electron chi connectivity index (χ0n) is 10.4. The Hall–Kier alpha value is -2.01. The van der Waals surface area contributed by atoms with E-state index in [1.165, 1.54) is 0 Å². The highest BCUT2D eigenvalue weighted by atomic mass is 32.1. The molecule has 0 aliphatic carbocycles. The summed E-state index contributed by atoms with van der Waals surface area (Å²) in [6.45, 7) is 1.85. The van der Waals surface area contributed by atoms with Crippen molar-refractivity contribution in [3.63, 3.8) is 0 Å². The van der Waals surface area contributed by atoms with Gasteiger partial charge in [0.1, 0.15) is 17.3 Å². The third kappa shape index (κ3) is 3.06. The van der Waals surface area contributed by atoms with Gasteiger partial charge in [-0.3, -0.25) is 4.98 Å². The van der Waals surface area contributed by atoms with Gasteiger partial charge in [0.25, 0.3) is 0 Å². The third-order valence-corrected chi connectivity index (χ3v) is 2.86. The first-order valence-electron chi connectivity index (χ1n) is 5.71. The Morgan fingerprint density at radius 2 is 2.16 bits per heavy atom. The Labute approximate surface area is 116 Å². The summed E-state index contributed by atoms with van der Waals surface area (Å²) in [6.07, 6.45) is 1.60. The molecule has 1 aromatic carbocycles. The molecule has 0 fully saturated rings. The highest BCUT2D eigenvalue weighted by molar-refractivity contribution is 7.80. The molecule has 0 bridgehead atoms. The Kier molecular flexibility index (Phi) is 4.06. The second-order valence-electron chi connectivity index (χ2n) is 4.05. The molecule has 0 aliphatic rings. The number of aromatic nitrogens is 1. The van der Waals surface area contributed by atoms with E-state index in [2.05, 4.69) is 4.98 Å². The number of halogens is 1. The van der Waals surface area contributed by atoms with Crippen molar-refractivity contribution in [3.8, 4) is 5.75 Å². The molecule has 2 N–H and O–H groups in total. The number of hydrogen-bond acceptors (Lipinski definition) is 3. The van der Waals surface area contributed by atoms with Gasteiger partial charge in [0.2, 0.25) is 0 Å². The number of rotatable bonds is 4. The number of ether oxygens (including phenoxy) is 1. The van der Waals surface area contributed by atoms with Crippen molar-refractivity contribution in [1.29, 1.82) is 0 Å². The summed E-state index contributed by atoms with van der Waals surface area (Å²) in [5, 5.41) is 0. The second kappa shape index (κ2) is 5.75. The van der Waals surface area contributed by atoms with Gasteiger partial charge < -0.3 is 10.5 Å². The molecule has 0 atom stereocenters. The Bertz CT molecular complexity index is 616. The van der Waals surface area contributed by atoms with E-state index < -0.39 is 0 Å². The normalized spacial score (nSPS) is 10.2. The zero-order valence-corrected chi connectivity index (χ0v) is 11.2. The summed E-state index contributed by atoms with van der Waals surface area (Å²) < 4.78 is 19.2. The number of aryl methyl sites for hydroxylation is 1. The van der Waals surface area contributed by atoms with Crippen LogP contribution in [-0.2, 0) is 6.61 Å². The molecule has 0 unspecified atom stereocenters. The SMILES string of the molecule is Cc1cccc(OCc2cccnc2C(N)=S)c1F. The van der Waals surface area contributed by atoms with Crippen molar-refractivity contribution in [3.05, 3.63) is 59.2 Å². The minimum Gasteiger partial charge on any atom is -0.486 e. The minimum atomic E-state index is -0.358. The van der Waals surface area contributed by atoms with Gasteiger partial charge in [-0.15, -0.1) is 0 Å². The van der Waals surface area contributed by atoms with Gasteiger partial charge in [-0.2, -0.15) is 0 Å². The van der Waals surface area contributed by atoms with Crippen LogP contribution in [0.25, 0.3) is 0 Å². The molecule has 0 aliphatic heterocycles. The molecule has 2 rings (SSSR count). The van der Waals surface area contributed by atoms with E-state index >= 15 is 0 Å². The van der Waals surface area contributed by atoms with Crippen LogP contribution in [0.15, 0.2) is 36.5 Å². The number of nitrogens with two attached hydrogens (primary N) is 1. The van der Waals surface area contributed by atoms with Gasteiger partial charge in [-0.25, -0.2) is 4.39 Å². The van der Waals surface area contributed by atoms with Crippen LogP contribution in [0.4, 0.5) is 4.39 Å². The molecular weight excluding hydrogens is 263 g/mol. The number of benzene rings is 1. The maximum Gasteiger partial charge on any atom is 0.167 e. The summed E-state index contributed by atoms with van der Waals surface area (Å²) in [6, 6.07) is 8.57. The lowest BCUT2D eigenvalue weighted by Gasteiger charge is -2.10.